The molecule has 0 aromatic heterocycles. The second-order valence-corrected chi connectivity index (χ2v) is 7.53. The normalized spacial score (nSPS) is 15.6. The molecular formula is C25H26N2O6. The van der Waals surface area contributed by atoms with Crippen LogP contribution in [0, 0.1) is 0 Å². The summed E-state index contributed by atoms with van der Waals surface area (Å²) in [4.78, 5) is 12.9. The molecule has 0 bridgehead atoms. The molecule has 1 atom stereocenters. The summed E-state index contributed by atoms with van der Waals surface area (Å²) in [5.41, 5.74) is 3.14. The zero-order valence-corrected chi connectivity index (χ0v) is 18.9. The van der Waals surface area contributed by atoms with Crippen molar-refractivity contribution in [2.75, 3.05) is 14.2 Å². The van der Waals surface area contributed by atoms with E-state index in [1.54, 1.807) is 30.3 Å². The average molecular weight is 450 g/mol. The van der Waals surface area contributed by atoms with Crippen molar-refractivity contribution in [1.82, 2.24) is 0 Å². The van der Waals surface area contributed by atoms with Crippen molar-refractivity contribution in [3.63, 3.8) is 0 Å². The van der Waals surface area contributed by atoms with Gasteiger partial charge in [0.05, 0.1) is 30.9 Å². The van der Waals surface area contributed by atoms with Crippen LogP contribution in [0.3, 0.4) is 0 Å². The maximum atomic E-state index is 12.9. The van der Waals surface area contributed by atoms with Crippen LogP contribution < -0.4 is 9.47 Å². The van der Waals surface area contributed by atoms with Gasteiger partial charge in [0.15, 0.2) is 0 Å². The van der Waals surface area contributed by atoms with Crippen LogP contribution in [0.15, 0.2) is 70.5 Å². The van der Waals surface area contributed by atoms with Crippen LogP contribution in [-0.2, 0) is 4.74 Å². The highest BCUT2D eigenvalue weighted by Gasteiger charge is 2.32. The third-order valence-corrected chi connectivity index (χ3v) is 5.17. The summed E-state index contributed by atoms with van der Waals surface area (Å²) in [6, 6.07) is 10.4. The van der Waals surface area contributed by atoms with E-state index in [1.165, 1.54) is 26.4 Å². The van der Waals surface area contributed by atoms with Gasteiger partial charge in [-0.25, -0.2) is 4.79 Å². The lowest BCUT2D eigenvalue weighted by atomic mass is 9.88. The third-order valence-electron chi connectivity index (χ3n) is 5.17. The van der Waals surface area contributed by atoms with Crippen LogP contribution in [0.1, 0.15) is 53.4 Å². The van der Waals surface area contributed by atoms with Gasteiger partial charge in [0.2, 0.25) is 0 Å². The molecule has 172 valence electrons. The van der Waals surface area contributed by atoms with Crippen molar-refractivity contribution < 1.29 is 29.4 Å². The quantitative estimate of drug-likeness (QED) is 0.269. The highest BCUT2D eigenvalue weighted by Crippen LogP contribution is 2.42. The Balaban J connectivity index is 2.21. The minimum absolute atomic E-state index is 0.185. The van der Waals surface area contributed by atoms with Gasteiger partial charge >= 0.3 is 5.97 Å². The van der Waals surface area contributed by atoms with Crippen molar-refractivity contribution in [3.8, 4) is 11.5 Å². The number of oxime groups is 2. The molecule has 2 aromatic rings. The Kier molecular flexibility index (Phi) is 7.50. The molecule has 2 aromatic carbocycles. The molecule has 8 nitrogen and oxygen atoms in total. The first kappa shape index (κ1) is 23.6. The van der Waals surface area contributed by atoms with Crippen LogP contribution in [0.25, 0.3) is 0 Å². The molecule has 1 aliphatic rings. The molecule has 0 heterocycles. The van der Waals surface area contributed by atoms with Gasteiger partial charge in [-0.3, -0.25) is 0 Å². The zero-order chi connectivity index (χ0) is 24.0. The number of rotatable bonds is 7. The lowest BCUT2D eigenvalue weighted by Crippen LogP contribution is -2.20. The van der Waals surface area contributed by atoms with E-state index in [-0.39, 0.29) is 11.4 Å². The predicted molar refractivity (Wildman–Crippen MR) is 124 cm³/mol. The highest BCUT2D eigenvalue weighted by molar-refractivity contribution is 6.27. The van der Waals surface area contributed by atoms with E-state index in [0.717, 1.165) is 5.57 Å². The minimum Gasteiger partial charge on any atom is -0.496 e. The largest absolute Gasteiger partial charge is 0.496 e. The Morgan fingerprint density at radius 2 is 1.64 bits per heavy atom. The maximum Gasteiger partial charge on any atom is 0.338 e. The molecule has 0 radical (unpaired) electrons. The first-order valence-corrected chi connectivity index (χ1v) is 10.3. The predicted octanol–water partition coefficient (Wildman–Crippen LogP) is 4.88. The maximum absolute atomic E-state index is 12.9. The van der Waals surface area contributed by atoms with E-state index in [1.807, 2.05) is 26.0 Å². The van der Waals surface area contributed by atoms with Gasteiger partial charge in [-0.1, -0.05) is 40.2 Å². The van der Waals surface area contributed by atoms with E-state index in [4.69, 9.17) is 14.2 Å². The van der Waals surface area contributed by atoms with Crippen LogP contribution >= 0.6 is 0 Å². The average Bonchev–Trinajstić information content (AvgIpc) is 2.84. The number of hydrogen-bond donors (Lipinski definition) is 2. The van der Waals surface area contributed by atoms with E-state index in [9.17, 15) is 15.2 Å². The van der Waals surface area contributed by atoms with Crippen molar-refractivity contribution in [1.29, 1.82) is 0 Å². The number of hydrogen-bond acceptors (Lipinski definition) is 8. The van der Waals surface area contributed by atoms with Crippen LogP contribution in [0.2, 0.25) is 0 Å². The van der Waals surface area contributed by atoms with E-state index in [0.29, 0.717) is 40.2 Å². The summed E-state index contributed by atoms with van der Waals surface area (Å²) in [7, 11) is 2.93. The monoisotopic (exact) mass is 450 g/mol. The molecule has 1 aliphatic carbocycles. The molecule has 0 saturated heterocycles. The van der Waals surface area contributed by atoms with Gasteiger partial charge in [-0.15, -0.1) is 0 Å². The van der Waals surface area contributed by atoms with Gasteiger partial charge in [0, 0.05) is 12.0 Å². The van der Waals surface area contributed by atoms with E-state index >= 15 is 0 Å². The number of methoxy groups -OCH3 is 2. The standard InChI is InChI=1S/C25H26N2O6/c1-15(2)10-13-20(33-25(28)16-8-6-5-7-9-16)17-14-21(31-3)22-18(26-29)11-12-19(27-30)23(22)24(17)32-4/h5-12,14,20,29-30H,13H2,1-4H3/b26-18+,27-19+/t20-/m0/s1. The zero-order valence-electron chi connectivity index (χ0n) is 18.9. The smallest absolute Gasteiger partial charge is 0.338 e. The van der Waals surface area contributed by atoms with Crippen molar-refractivity contribution >= 4 is 17.4 Å². The number of carbonyl (C=O) groups excluding carboxylic acids is 1. The van der Waals surface area contributed by atoms with Gasteiger partial charge < -0.3 is 24.6 Å². The molecular weight excluding hydrogens is 424 g/mol. The lowest BCUT2D eigenvalue weighted by molar-refractivity contribution is 0.0297. The molecule has 2 N–H and O–H groups in total. The molecule has 33 heavy (non-hydrogen) atoms. The summed E-state index contributed by atoms with van der Waals surface area (Å²) < 4.78 is 17.2. The van der Waals surface area contributed by atoms with Crippen LogP contribution in [0.5, 0.6) is 11.5 Å². The first-order chi connectivity index (χ1) is 15.9. The van der Waals surface area contributed by atoms with E-state index < -0.39 is 12.1 Å². The molecule has 0 spiro atoms. The van der Waals surface area contributed by atoms with Gasteiger partial charge in [-0.05, 0) is 44.2 Å². The third kappa shape index (κ3) is 4.90. The molecule has 0 amide bonds. The summed E-state index contributed by atoms with van der Waals surface area (Å²) in [6.07, 6.45) is 4.58. The summed E-state index contributed by atoms with van der Waals surface area (Å²) >= 11 is 0. The molecule has 3 rings (SSSR count). The number of nitrogens with zero attached hydrogens (tertiary/aromatic N) is 2. The Bertz CT molecular complexity index is 1150. The Hall–Kier alpha value is -4.07. The number of allylic oxidation sites excluding steroid dienone is 3. The van der Waals surface area contributed by atoms with Gasteiger partial charge in [0.25, 0.3) is 0 Å². The summed E-state index contributed by atoms with van der Waals surface area (Å²) in [6.45, 7) is 3.90. The van der Waals surface area contributed by atoms with E-state index in [2.05, 4.69) is 10.3 Å². The molecule has 0 saturated carbocycles. The number of esters is 1. The topological polar surface area (TPSA) is 110 Å². The molecule has 0 aliphatic heterocycles. The fourth-order valence-electron chi connectivity index (χ4n) is 3.62. The molecule has 8 heteroatoms. The summed E-state index contributed by atoms with van der Waals surface area (Å²) in [5.74, 6) is 0.171. The van der Waals surface area contributed by atoms with Crippen molar-refractivity contribution in [3.05, 3.63) is 82.5 Å². The fraction of sp³-hybridized carbons (Fsp3) is 0.240. The second-order valence-electron chi connectivity index (χ2n) is 7.53. The fourth-order valence-corrected chi connectivity index (χ4v) is 3.62. The lowest BCUT2D eigenvalue weighted by Gasteiger charge is -2.26. The Labute approximate surface area is 192 Å². The molecule has 0 unspecified atom stereocenters. The summed E-state index contributed by atoms with van der Waals surface area (Å²) in [5, 5.41) is 25.8. The Morgan fingerprint density at radius 3 is 2.18 bits per heavy atom. The number of benzene rings is 2. The van der Waals surface area contributed by atoms with Crippen molar-refractivity contribution in [2.24, 2.45) is 10.3 Å². The number of carbonyl (C=O) groups is 1. The van der Waals surface area contributed by atoms with Gasteiger partial charge in [-0.2, -0.15) is 0 Å². The number of fused-ring (bicyclic) bond motifs is 1. The second kappa shape index (κ2) is 10.5. The molecule has 0 fully saturated rings. The first-order valence-electron chi connectivity index (χ1n) is 10.3. The van der Waals surface area contributed by atoms with Gasteiger partial charge in [0.1, 0.15) is 29.0 Å². The number of ether oxygens (including phenoxy) is 3. The Morgan fingerprint density at radius 1 is 1.00 bits per heavy atom. The minimum atomic E-state index is -0.734. The van der Waals surface area contributed by atoms with Crippen LogP contribution in [0.4, 0.5) is 0 Å². The highest BCUT2D eigenvalue weighted by atomic mass is 16.5. The van der Waals surface area contributed by atoms with Crippen molar-refractivity contribution in [2.45, 2.75) is 26.4 Å². The van der Waals surface area contributed by atoms with Crippen LogP contribution in [-0.4, -0.2) is 42.0 Å². The SMILES string of the molecule is COc1cc([C@H](CC=C(C)C)OC(=O)c2ccccc2)c(OC)c2c1/C(=N/O)C=C/C2=N\O.